The maximum Gasteiger partial charge on any atom is 0.338 e. The lowest BCUT2D eigenvalue weighted by atomic mass is 10.2. The van der Waals surface area contributed by atoms with Gasteiger partial charge in [0.1, 0.15) is 0 Å². The Bertz CT molecular complexity index is 537. The van der Waals surface area contributed by atoms with Crippen LogP contribution in [0.3, 0.4) is 0 Å². The molecular formula is C8H6FN3O3. The normalized spacial score (nSPS) is 10.5. The minimum Gasteiger partial charge on any atom is -0.490 e. The van der Waals surface area contributed by atoms with E-state index in [0.29, 0.717) is 0 Å². The van der Waals surface area contributed by atoms with Crippen LogP contribution in [0.2, 0.25) is 0 Å². The highest BCUT2D eigenvalue weighted by Crippen LogP contribution is 2.34. The fourth-order valence-electron chi connectivity index (χ4n) is 1.36. The van der Waals surface area contributed by atoms with E-state index in [1.54, 1.807) is 0 Å². The van der Waals surface area contributed by atoms with Crippen molar-refractivity contribution in [2.45, 2.75) is 0 Å². The predicted molar refractivity (Wildman–Crippen MR) is 49.3 cm³/mol. The van der Waals surface area contributed by atoms with E-state index >= 15 is 0 Å². The standard InChI is InChI=1S/C8H6FN3O3/c1-15-5-3-2-4-6(7(5)12(13)14)10-11-8(4)9/h2-3H,1H3,(H,10,11). The molecule has 1 N–H and O–H groups in total. The Morgan fingerprint density at radius 3 is 2.93 bits per heavy atom. The molecule has 78 valence electrons. The second-order valence-corrected chi connectivity index (χ2v) is 2.81. The second-order valence-electron chi connectivity index (χ2n) is 2.81. The highest BCUT2D eigenvalue weighted by Gasteiger charge is 2.23. The monoisotopic (exact) mass is 211 g/mol. The molecule has 0 spiro atoms. The van der Waals surface area contributed by atoms with Gasteiger partial charge in [0.25, 0.3) is 0 Å². The summed E-state index contributed by atoms with van der Waals surface area (Å²) in [6.07, 6.45) is 0. The average molecular weight is 211 g/mol. The van der Waals surface area contributed by atoms with Crippen LogP contribution in [0, 0.1) is 16.1 Å². The van der Waals surface area contributed by atoms with Crippen LogP contribution in [0.15, 0.2) is 12.1 Å². The number of rotatable bonds is 2. The molecule has 0 unspecified atom stereocenters. The molecule has 2 rings (SSSR count). The molecule has 1 aromatic carbocycles. The molecule has 1 heterocycles. The first kappa shape index (κ1) is 9.38. The number of hydrogen-bond acceptors (Lipinski definition) is 4. The van der Waals surface area contributed by atoms with Crippen LogP contribution >= 0.6 is 0 Å². The summed E-state index contributed by atoms with van der Waals surface area (Å²) >= 11 is 0. The van der Waals surface area contributed by atoms with Crippen molar-refractivity contribution < 1.29 is 14.1 Å². The van der Waals surface area contributed by atoms with Crippen molar-refractivity contribution in [2.75, 3.05) is 7.11 Å². The SMILES string of the molecule is COc1ccc2c(F)[nH]nc2c1[N+](=O)[O-]. The van der Waals surface area contributed by atoms with Crippen molar-refractivity contribution in [1.29, 1.82) is 0 Å². The molecule has 7 heteroatoms. The first-order valence-corrected chi connectivity index (χ1v) is 4.00. The topological polar surface area (TPSA) is 81.0 Å². The highest BCUT2D eigenvalue weighted by molar-refractivity contribution is 5.90. The first-order chi connectivity index (χ1) is 7.15. The number of nitrogens with one attached hydrogen (secondary N) is 1. The number of ether oxygens (including phenoxy) is 1. The van der Waals surface area contributed by atoms with E-state index in [2.05, 4.69) is 5.10 Å². The predicted octanol–water partition coefficient (Wildman–Crippen LogP) is 1.62. The van der Waals surface area contributed by atoms with Gasteiger partial charge >= 0.3 is 5.69 Å². The number of hydrogen-bond donors (Lipinski definition) is 1. The zero-order chi connectivity index (χ0) is 11.0. The molecule has 0 saturated carbocycles. The number of nitro benzene ring substituents is 1. The van der Waals surface area contributed by atoms with Crippen molar-refractivity contribution in [3.8, 4) is 5.75 Å². The maximum absolute atomic E-state index is 13.0. The summed E-state index contributed by atoms with van der Waals surface area (Å²) < 4.78 is 17.8. The number of aromatic nitrogens is 2. The highest BCUT2D eigenvalue weighted by atomic mass is 19.1. The summed E-state index contributed by atoms with van der Waals surface area (Å²) in [6.45, 7) is 0. The molecule has 0 amide bonds. The first-order valence-electron chi connectivity index (χ1n) is 4.00. The Morgan fingerprint density at radius 1 is 1.60 bits per heavy atom. The number of H-pyrrole nitrogens is 1. The number of halogens is 1. The Kier molecular flexibility index (Phi) is 2.00. The molecule has 0 aliphatic rings. The largest absolute Gasteiger partial charge is 0.490 e. The number of methoxy groups -OCH3 is 1. The van der Waals surface area contributed by atoms with Crippen molar-refractivity contribution in [1.82, 2.24) is 10.2 Å². The molecule has 0 radical (unpaired) electrons. The molecular weight excluding hydrogens is 205 g/mol. The van der Waals surface area contributed by atoms with Crippen LogP contribution in [0.5, 0.6) is 5.75 Å². The van der Waals surface area contributed by atoms with Crippen molar-refractivity contribution in [2.24, 2.45) is 0 Å². The van der Waals surface area contributed by atoms with Gasteiger partial charge in [0, 0.05) is 0 Å². The second kappa shape index (κ2) is 3.19. The molecule has 6 nitrogen and oxygen atoms in total. The van der Waals surface area contributed by atoms with Gasteiger partial charge in [-0.05, 0) is 12.1 Å². The van der Waals surface area contributed by atoms with E-state index in [4.69, 9.17) is 4.74 Å². The van der Waals surface area contributed by atoms with E-state index < -0.39 is 10.9 Å². The molecule has 0 atom stereocenters. The lowest BCUT2D eigenvalue weighted by Gasteiger charge is -2.00. The van der Waals surface area contributed by atoms with Gasteiger partial charge in [-0.3, -0.25) is 15.2 Å². The van der Waals surface area contributed by atoms with Crippen LogP contribution in [-0.4, -0.2) is 22.2 Å². The van der Waals surface area contributed by atoms with Crippen LogP contribution in [0.1, 0.15) is 0 Å². The van der Waals surface area contributed by atoms with E-state index in [1.807, 2.05) is 5.10 Å². The van der Waals surface area contributed by atoms with E-state index in [9.17, 15) is 14.5 Å². The molecule has 15 heavy (non-hydrogen) atoms. The Labute approximate surface area is 82.8 Å². The summed E-state index contributed by atoms with van der Waals surface area (Å²) in [5.74, 6) is -0.644. The quantitative estimate of drug-likeness (QED) is 0.604. The van der Waals surface area contributed by atoms with Gasteiger partial charge in [-0.15, -0.1) is 0 Å². The number of nitro groups is 1. The third-order valence-electron chi connectivity index (χ3n) is 2.02. The zero-order valence-electron chi connectivity index (χ0n) is 7.65. The Hall–Kier alpha value is -2.18. The summed E-state index contributed by atoms with van der Waals surface area (Å²) in [6, 6.07) is 2.71. The Morgan fingerprint density at radius 2 is 2.33 bits per heavy atom. The minimum atomic E-state index is -0.698. The lowest BCUT2D eigenvalue weighted by molar-refractivity contribution is -0.384. The molecule has 2 aromatic rings. The Balaban J connectivity index is 2.85. The average Bonchev–Trinajstić information content (AvgIpc) is 2.58. The van der Waals surface area contributed by atoms with Crippen LogP contribution in [0.25, 0.3) is 10.9 Å². The van der Waals surface area contributed by atoms with Crippen LogP contribution < -0.4 is 4.74 Å². The van der Waals surface area contributed by atoms with Gasteiger partial charge < -0.3 is 4.74 Å². The van der Waals surface area contributed by atoms with Gasteiger partial charge in [-0.25, -0.2) is 0 Å². The van der Waals surface area contributed by atoms with Crippen LogP contribution in [-0.2, 0) is 0 Å². The summed E-state index contributed by atoms with van der Waals surface area (Å²) in [5, 5.41) is 16.4. The minimum absolute atomic E-state index is 0.0446. The third-order valence-corrected chi connectivity index (χ3v) is 2.02. The fourth-order valence-corrected chi connectivity index (χ4v) is 1.36. The van der Waals surface area contributed by atoms with E-state index in [-0.39, 0.29) is 22.3 Å². The number of fused-ring (bicyclic) bond motifs is 1. The van der Waals surface area contributed by atoms with Crippen molar-refractivity contribution >= 4 is 16.6 Å². The summed E-state index contributed by atoms with van der Waals surface area (Å²) in [4.78, 5) is 10.1. The van der Waals surface area contributed by atoms with Gasteiger partial charge in [-0.1, -0.05) is 0 Å². The van der Waals surface area contributed by atoms with E-state index in [0.717, 1.165) is 0 Å². The smallest absolute Gasteiger partial charge is 0.338 e. The van der Waals surface area contributed by atoms with Crippen molar-refractivity contribution in [3.05, 3.63) is 28.2 Å². The zero-order valence-corrected chi connectivity index (χ0v) is 7.65. The molecule has 1 aromatic heterocycles. The van der Waals surface area contributed by atoms with Crippen molar-refractivity contribution in [3.63, 3.8) is 0 Å². The summed E-state index contributed by atoms with van der Waals surface area (Å²) in [7, 11) is 1.30. The number of benzene rings is 1. The third kappa shape index (κ3) is 1.28. The van der Waals surface area contributed by atoms with Gasteiger partial charge in [0.15, 0.2) is 11.3 Å². The molecule has 0 saturated heterocycles. The number of nitrogens with zero attached hydrogens (tertiary/aromatic N) is 2. The van der Waals surface area contributed by atoms with E-state index in [1.165, 1.54) is 19.2 Å². The van der Waals surface area contributed by atoms with Gasteiger partial charge in [-0.2, -0.15) is 9.49 Å². The molecule has 0 aliphatic carbocycles. The van der Waals surface area contributed by atoms with Gasteiger partial charge in [0.2, 0.25) is 5.95 Å². The van der Waals surface area contributed by atoms with Gasteiger partial charge in [0.05, 0.1) is 17.4 Å². The molecule has 0 aliphatic heterocycles. The lowest BCUT2D eigenvalue weighted by Crippen LogP contribution is -1.94. The fraction of sp³-hybridized carbons (Fsp3) is 0.125. The van der Waals surface area contributed by atoms with Crippen LogP contribution in [0.4, 0.5) is 10.1 Å². The molecule has 0 bridgehead atoms. The number of aromatic amines is 1. The molecule has 0 fully saturated rings. The maximum atomic E-state index is 13.0. The summed E-state index contributed by atoms with van der Waals surface area (Å²) in [5.41, 5.74) is -0.382.